The molecule has 2 radical (unpaired) electrons. The van der Waals surface area contributed by atoms with Gasteiger partial charge in [-0.2, -0.15) is 0 Å². The Balaban J connectivity index is 0.00000106. The van der Waals surface area contributed by atoms with Crippen molar-refractivity contribution in [2.45, 2.75) is 20.8 Å². The van der Waals surface area contributed by atoms with Crippen LogP contribution in [0.3, 0.4) is 0 Å². The lowest BCUT2D eigenvalue weighted by atomic mass is 9.89. The van der Waals surface area contributed by atoms with E-state index in [1.165, 1.54) is 0 Å². The van der Waals surface area contributed by atoms with E-state index in [2.05, 4.69) is 0 Å². The molecule has 0 N–H and O–H groups in total. The van der Waals surface area contributed by atoms with Gasteiger partial charge in [0.1, 0.15) is 7.85 Å². The minimum atomic E-state index is -0.478. The molecule has 0 amide bonds. The van der Waals surface area contributed by atoms with Gasteiger partial charge in [-0.25, -0.2) is 0 Å². The molecular weight excluding hydrogens is 195 g/mol. The maximum Gasteiger partial charge on any atom is 0.221 e. The fourth-order valence-electron chi connectivity index (χ4n) is 1.07. The number of carbonyl (C=O) groups excluding carboxylic acids is 1. The minimum Gasteiger partial charge on any atom is -0.281 e. The van der Waals surface area contributed by atoms with Crippen LogP contribution in [0.2, 0.25) is 0 Å². The Labute approximate surface area is 99.0 Å². The third-order valence-corrected chi connectivity index (χ3v) is 1.89. The van der Waals surface area contributed by atoms with Crippen molar-refractivity contribution in [2.75, 3.05) is 0 Å². The zero-order chi connectivity index (χ0) is 12.6. The van der Waals surface area contributed by atoms with Crippen LogP contribution in [-0.2, 0) is 4.79 Å². The van der Waals surface area contributed by atoms with E-state index < -0.39 is 5.78 Å². The molecule has 0 fully saturated rings. The van der Waals surface area contributed by atoms with E-state index in [1.54, 1.807) is 6.08 Å². The molecule has 2 heteroatoms. The Morgan fingerprint density at radius 2 is 1.94 bits per heavy atom. The van der Waals surface area contributed by atoms with Gasteiger partial charge in [0.2, 0.25) is 5.78 Å². The van der Waals surface area contributed by atoms with Gasteiger partial charge in [0.05, 0.1) is 0 Å². The largest absolute Gasteiger partial charge is 0.281 e. The molecule has 0 saturated heterocycles. The highest BCUT2D eigenvalue weighted by Crippen LogP contribution is 2.10. The minimum absolute atomic E-state index is 0.0989. The van der Waals surface area contributed by atoms with Gasteiger partial charge in [-0.1, -0.05) is 44.2 Å². The summed E-state index contributed by atoms with van der Waals surface area (Å²) in [6.07, 6.45) is 6.54. The Morgan fingerprint density at radius 1 is 1.38 bits per heavy atom. The molecule has 1 nitrogen and oxygen atoms in total. The SMILES string of the molecule is CC.[B]/C(=C/c1ccccc1C)C(=O)C#C. The van der Waals surface area contributed by atoms with Gasteiger partial charge in [-0.3, -0.25) is 4.79 Å². The van der Waals surface area contributed by atoms with E-state index in [0.29, 0.717) is 0 Å². The van der Waals surface area contributed by atoms with Crippen molar-refractivity contribution in [3.8, 4) is 12.3 Å². The molecule has 0 atom stereocenters. The Hall–Kier alpha value is -1.75. The van der Waals surface area contributed by atoms with E-state index in [-0.39, 0.29) is 5.47 Å². The zero-order valence-electron chi connectivity index (χ0n) is 9.95. The Morgan fingerprint density at radius 3 is 2.44 bits per heavy atom. The van der Waals surface area contributed by atoms with Gasteiger partial charge in [0.15, 0.2) is 0 Å². The van der Waals surface area contributed by atoms with Crippen LogP contribution in [0.4, 0.5) is 0 Å². The summed E-state index contributed by atoms with van der Waals surface area (Å²) in [6, 6.07) is 7.63. The normalized spacial score (nSPS) is 9.75. The van der Waals surface area contributed by atoms with Crippen molar-refractivity contribution in [2.24, 2.45) is 0 Å². The third-order valence-electron chi connectivity index (χ3n) is 1.89. The molecule has 0 aliphatic heterocycles. The lowest BCUT2D eigenvalue weighted by Crippen LogP contribution is -1.98. The summed E-state index contributed by atoms with van der Waals surface area (Å²) in [6.45, 7) is 5.94. The first-order valence-electron chi connectivity index (χ1n) is 5.19. The quantitative estimate of drug-likeness (QED) is 0.317. The number of hydrogen-bond acceptors (Lipinski definition) is 1. The molecule has 1 rings (SSSR count). The number of terminal acetylenes is 1. The lowest BCUT2D eigenvalue weighted by Gasteiger charge is -2.00. The molecule has 80 valence electrons. The summed E-state index contributed by atoms with van der Waals surface area (Å²) >= 11 is 0. The lowest BCUT2D eigenvalue weighted by molar-refractivity contribution is -0.109. The number of benzene rings is 1. The summed E-state index contributed by atoms with van der Waals surface area (Å²) in [5.41, 5.74) is 2.07. The first-order valence-corrected chi connectivity index (χ1v) is 5.19. The second-order valence-electron chi connectivity index (χ2n) is 2.93. The molecule has 0 unspecified atom stereocenters. The molecule has 0 aromatic heterocycles. The van der Waals surface area contributed by atoms with Crippen LogP contribution in [0, 0.1) is 19.3 Å². The highest BCUT2D eigenvalue weighted by Gasteiger charge is 1.99. The van der Waals surface area contributed by atoms with Gasteiger partial charge in [-0.05, 0) is 29.4 Å². The molecule has 0 heterocycles. The van der Waals surface area contributed by atoms with Crippen LogP contribution in [0.25, 0.3) is 6.08 Å². The number of allylic oxidation sites excluding steroid dienone is 1. The van der Waals surface area contributed by atoms with Gasteiger partial charge in [0.25, 0.3) is 0 Å². The first kappa shape index (κ1) is 14.3. The second kappa shape index (κ2) is 7.53. The second-order valence-corrected chi connectivity index (χ2v) is 2.93. The van der Waals surface area contributed by atoms with Crippen molar-refractivity contribution in [1.29, 1.82) is 0 Å². The summed E-state index contributed by atoms with van der Waals surface area (Å²) in [4.78, 5) is 11.0. The van der Waals surface area contributed by atoms with Crippen LogP contribution in [0.1, 0.15) is 25.0 Å². The molecule has 1 aromatic rings. The summed E-state index contributed by atoms with van der Waals surface area (Å²) in [5, 5.41) is 0. The zero-order valence-corrected chi connectivity index (χ0v) is 9.95. The maximum absolute atomic E-state index is 11.0. The third kappa shape index (κ3) is 4.19. The molecule has 1 aromatic carbocycles. The van der Waals surface area contributed by atoms with E-state index in [4.69, 9.17) is 14.3 Å². The van der Waals surface area contributed by atoms with Crippen molar-refractivity contribution in [3.63, 3.8) is 0 Å². The van der Waals surface area contributed by atoms with Crippen LogP contribution < -0.4 is 0 Å². The fourth-order valence-corrected chi connectivity index (χ4v) is 1.07. The smallest absolute Gasteiger partial charge is 0.221 e. The molecule has 0 bridgehead atoms. The maximum atomic E-state index is 11.0. The molecule has 0 aliphatic carbocycles. The van der Waals surface area contributed by atoms with Crippen molar-refractivity contribution >= 4 is 19.7 Å². The predicted octanol–water partition coefficient (Wildman–Crippen LogP) is 2.73. The van der Waals surface area contributed by atoms with Crippen LogP contribution >= 0.6 is 0 Å². The number of Topliss-reactive ketones (excluding diaryl/α,β-unsaturated/α-hetero) is 1. The first-order chi connectivity index (χ1) is 7.65. The summed E-state index contributed by atoms with van der Waals surface area (Å²) in [7, 11) is 5.50. The fraction of sp³-hybridized carbons (Fsp3) is 0.214. The number of ketones is 1. The van der Waals surface area contributed by atoms with E-state index >= 15 is 0 Å². The molecule has 0 aliphatic rings. The number of carbonyl (C=O) groups is 1. The summed E-state index contributed by atoms with van der Waals surface area (Å²) < 4.78 is 0. The molecule has 0 spiro atoms. The average molecular weight is 210 g/mol. The standard InChI is InChI=1S/C12H9BO.C2H6/c1-3-12(14)11(13)8-10-7-5-4-6-9(10)2;1-2/h1,4-8H,2H3;1-2H3/b11-8+;. The van der Waals surface area contributed by atoms with E-state index in [9.17, 15) is 4.79 Å². The number of hydrogen-bond donors (Lipinski definition) is 0. The summed E-state index contributed by atoms with van der Waals surface area (Å²) in [5.74, 6) is 1.49. The van der Waals surface area contributed by atoms with Crippen molar-refractivity contribution in [1.82, 2.24) is 0 Å². The van der Waals surface area contributed by atoms with Gasteiger partial charge < -0.3 is 0 Å². The predicted molar refractivity (Wildman–Crippen MR) is 70.1 cm³/mol. The Bertz CT molecular complexity index is 425. The number of rotatable bonds is 2. The van der Waals surface area contributed by atoms with Gasteiger partial charge in [-0.15, -0.1) is 6.42 Å². The van der Waals surface area contributed by atoms with Crippen LogP contribution in [0.5, 0.6) is 0 Å². The topological polar surface area (TPSA) is 17.1 Å². The number of aryl methyl sites for hydroxylation is 1. The van der Waals surface area contributed by atoms with Crippen molar-refractivity contribution < 1.29 is 4.79 Å². The average Bonchev–Trinajstić information content (AvgIpc) is 2.33. The van der Waals surface area contributed by atoms with Crippen LogP contribution in [0.15, 0.2) is 29.7 Å². The molecule has 0 saturated carbocycles. The van der Waals surface area contributed by atoms with Crippen LogP contribution in [-0.4, -0.2) is 13.6 Å². The highest BCUT2D eigenvalue weighted by molar-refractivity contribution is 6.42. The van der Waals surface area contributed by atoms with E-state index in [0.717, 1.165) is 11.1 Å². The highest BCUT2D eigenvalue weighted by atomic mass is 16.1. The van der Waals surface area contributed by atoms with Gasteiger partial charge >= 0.3 is 0 Å². The molecule has 16 heavy (non-hydrogen) atoms. The van der Waals surface area contributed by atoms with Crippen molar-refractivity contribution in [3.05, 3.63) is 40.9 Å². The van der Waals surface area contributed by atoms with Gasteiger partial charge in [0, 0.05) is 0 Å². The Kier molecular flexibility index (Phi) is 6.71. The molecular formula is C14H15BO. The van der Waals surface area contributed by atoms with E-state index in [1.807, 2.05) is 51.0 Å². The monoisotopic (exact) mass is 210 g/mol.